The minimum atomic E-state index is -0.524. The van der Waals surface area contributed by atoms with Crippen LogP contribution in [-0.2, 0) is 7.05 Å². The first-order chi connectivity index (χ1) is 7.61. The molecule has 16 heavy (non-hydrogen) atoms. The maximum absolute atomic E-state index is 10.3. The molecule has 0 saturated heterocycles. The SMILES string of the molecule is Cc1s[13c](C(O)c2ccccc2)[n+](C)c1C. The Kier molecular flexibility index (Phi) is 3.08. The van der Waals surface area contributed by atoms with E-state index in [9.17, 15) is 5.11 Å². The van der Waals surface area contributed by atoms with Crippen LogP contribution in [0.4, 0.5) is 0 Å². The number of aromatic nitrogens is 1. The zero-order valence-electron chi connectivity index (χ0n) is 9.77. The zero-order chi connectivity index (χ0) is 11.7. The van der Waals surface area contributed by atoms with Crippen molar-refractivity contribution in [1.29, 1.82) is 0 Å². The standard InChI is InChI=1S/C13H16NOS/c1-9-10(2)16-13(14(9)3)12(15)11-7-5-4-6-8-11/h4-8,12,15H,1-3H3/q+1/i13+1. The molecule has 0 bridgehead atoms. The summed E-state index contributed by atoms with van der Waals surface area (Å²) in [6.07, 6.45) is -0.524. The van der Waals surface area contributed by atoms with Crippen molar-refractivity contribution >= 4 is 11.3 Å². The first kappa shape index (κ1) is 11.3. The number of hydrogen-bond donors (Lipinski definition) is 1. The molecule has 2 rings (SSSR count). The third-order valence-electron chi connectivity index (χ3n) is 2.95. The van der Waals surface area contributed by atoms with Gasteiger partial charge >= 0.3 is 0 Å². The number of hydrogen-bond acceptors (Lipinski definition) is 2. The summed E-state index contributed by atoms with van der Waals surface area (Å²) in [5.41, 5.74) is 2.16. The molecule has 1 aromatic carbocycles. The van der Waals surface area contributed by atoms with Gasteiger partial charge in [0.2, 0.25) is 0 Å². The van der Waals surface area contributed by atoms with E-state index in [4.69, 9.17) is 0 Å². The molecule has 0 fully saturated rings. The summed E-state index contributed by atoms with van der Waals surface area (Å²) >= 11 is 1.66. The largest absolute Gasteiger partial charge is 0.377 e. The Balaban J connectivity index is 2.42. The highest BCUT2D eigenvalue weighted by Crippen LogP contribution is 2.25. The Labute approximate surface area is 99.8 Å². The highest BCUT2D eigenvalue weighted by atomic mass is 32.1. The van der Waals surface area contributed by atoms with Gasteiger partial charge in [-0.1, -0.05) is 41.7 Å². The van der Waals surface area contributed by atoms with Crippen molar-refractivity contribution in [2.24, 2.45) is 7.05 Å². The van der Waals surface area contributed by atoms with E-state index in [1.807, 2.05) is 37.4 Å². The predicted molar refractivity (Wildman–Crippen MR) is 65.5 cm³/mol. The number of aliphatic hydroxyl groups is 1. The number of aryl methyl sites for hydroxylation is 1. The second-order valence-electron chi connectivity index (χ2n) is 3.95. The number of aliphatic hydroxyl groups excluding tert-OH is 1. The Morgan fingerprint density at radius 3 is 2.31 bits per heavy atom. The second kappa shape index (κ2) is 4.36. The molecule has 0 amide bonds. The van der Waals surface area contributed by atoms with E-state index >= 15 is 0 Å². The number of rotatable bonds is 2. The Hall–Kier alpha value is -1.19. The molecule has 0 aliphatic rings. The molecule has 3 heteroatoms. The van der Waals surface area contributed by atoms with Crippen LogP contribution in [0.15, 0.2) is 30.3 Å². The fraction of sp³-hybridized carbons (Fsp3) is 0.308. The maximum atomic E-state index is 10.3. The molecule has 0 spiro atoms. The minimum absolute atomic E-state index is 0.524. The molecule has 0 radical (unpaired) electrons. The monoisotopic (exact) mass is 235 g/mol. The van der Waals surface area contributed by atoms with Crippen LogP contribution in [0.5, 0.6) is 0 Å². The first-order valence-corrected chi connectivity index (χ1v) is 6.12. The lowest BCUT2D eigenvalue weighted by Gasteiger charge is -2.05. The van der Waals surface area contributed by atoms with Crippen LogP contribution in [-0.4, -0.2) is 5.11 Å². The number of nitrogens with zero attached hydrogens (tertiary/aromatic N) is 1. The van der Waals surface area contributed by atoms with E-state index in [0.717, 1.165) is 10.6 Å². The Morgan fingerprint density at radius 2 is 1.81 bits per heavy atom. The second-order valence-corrected chi connectivity index (χ2v) is 5.19. The smallest absolute Gasteiger partial charge is 0.271 e. The third-order valence-corrected chi connectivity index (χ3v) is 4.26. The summed E-state index contributed by atoms with van der Waals surface area (Å²) in [6.45, 7) is 4.16. The van der Waals surface area contributed by atoms with E-state index in [2.05, 4.69) is 18.4 Å². The van der Waals surface area contributed by atoms with Gasteiger partial charge in [-0.15, -0.1) is 0 Å². The van der Waals surface area contributed by atoms with Gasteiger partial charge in [-0.05, 0) is 12.5 Å². The van der Waals surface area contributed by atoms with Gasteiger partial charge in [0.15, 0.2) is 11.8 Å². The summed E-state index contributed by atoms with van der Waals surface area (Å²) in [5.74, 6) is 0. The average molecular weight is 235 g/mol. The van der Waals surface area contributed by atoms with Crippen molar-refractivity contribution in [3.8, 4) is 0 Å². The molecule has 0 saturated carbocycles. The summed E-state index contributed by atoms with van der Waals surface area (Å²) in [4.78, 5) is 1.26. The molecular weight excluding hydrogens is 219 g/mol. The molecule has 1 aromatic heterocycles. The van der Waals surface area contributed by atoms with Gasteiger partial charge < -0.3 is 5.11 Å². The minimum Gasteiger partial charge on any atom is -0.377 e. The molecule has 0 aliphatic carbocycles. The van der Waals surface area contributed by atoms with Crippen LogP contribution in [0.1, 0.15) is 27.2 Å². The highest BCUT2D eigenvalue weighted by molar-refractivity contribution is 7.11. The zero-order valence-corrected chi connectivity index (χ0v) is 10.6. The maximum Gasteiger partial charge on any atom is 0.271 e. The Bertz CT molecular complexity index is 490. The summed E-state index contributed by atoms with van der Waals surface area (Å²) < 4.78 is 2.07. The molecule has 1 heterocycles. The predicted octanol–water partition coefficient (Wildman–Crippen LogP) is 2.27. The Morgan fingerprint density at radius 1 is 1.19 bits per heavy atom. The fourth-order valence-corrected chi connectivity index (χ4v) is 2.84. The topological polar surface area (TPSA) is 24.1 Å². The lowest BCUT2D eigenvalue weighted by molar-refractivity contribution is -0.683. The van der Waals surface area contributed by atoms with E-state index in [0.29, 0.717) is 0 Å². The summed E-state index contributed by atoms with van der Waals surface area (Å²) in [7, 11) is 2.00. The van der Waals surface area contributed by atoms with Crippen molar-refractivity contribution in [3.05, 3.63) is 51.5 Å². The van der Waals surface area contributed by atoms with Gasteiger partial charge in [-0.2, -0.15) is 4.57 Å². The van der Waals surface area contributed by atoms with Crippen LogP contribution in [0.25, 0.3) is 0 Å². The summed E-state index contributed by atoms with van der Waals surface area (Å²) in [6, 6.07) is 9.77. The van der Waals surface area contributed by atoms with E-state index in [1.54, 1.807) is 11.3 Å². The van der Waals surface area contributed by atoms with Crippen LogP contribution in [0, 0.1) is 13.8 Å². The summed E-state index contributed by atoms with van der Waals surface area (Å²) in [5, 5.41) is 11.3. The fourth-order valence-electron chi connectivity index (χ4n) is 1.72. The lowest BCUT2D eigenvalue weighted by Crippen LogP contribution is -2.35. The van der Waals surface area contributed by atoms with Crippen molar-refractivity contribution < 1.29 is 9.67 Å². The normalized spacial score (nSPS) is 12.8. The number of thiazole rings is 1. The van der Waals surface area contributed by atoms with Crippen LogP contribution >= 0.6 is 11.3 Å². The van der Waals surface area contributed by atoms with E-state index < -0.39 is 6.10 Å². The van der Waals surface area contributed by atoms with Crippen molar-refractivity contribution in [1.82, 2.24) is 0 Å². The van der Waals surface area contributed by atoms with Gasteiger partial charge in [0.1, 0.15) is 7.05 Å². The van der Waals surface area contributed by atoms with Crippen LogP contribution in [0.2, 0.25) is 0 Å². The molecule has 2 nitrogen and oxygen atoms in total. The molecule has 2 aromatic rings. The third kappa shape index (κ3) is 1.88. The van der Waals surface area contributed by atoms with Crippen LogP contribution in [0.3, 0.4) is 0 Å². The van der Waals surface area contributed by atoms with Gasteiger partial charge in [0.25, 0.3) is 5.01 Å². The molecule has 1 unspecified atom stereocenters. The van der Waals surface area contributed by atoms with Crippen LogP contribution < -0.4 is 4.57 Å². The van der Waals surface area contributed by atoms with Crippen molar-refractivity contribution in [2.45, 2.75) is 20.0 Å². The van der Waals surface area contributed by atoms with Crippen molar-refractivity contribution in [3.63, 3.8) is 0 Å². The van der Waals surface area contributed by atoms with Gasteiger partial charge in [-0.25, -0.2) is 0 Å². The molecular formula is C13H16NOS+. The van der Waals surface area contributed by atoms with Gasteiger partial charge in [0.05, 0.1) is 4.88 Å². The number of benzene rings is 1. The van der Waals surface area contributed by atoms with E-state index in [1.165, 1.54) is 10.6 Å². The first-order valence-electron chi connectivity index (χ1n) is 5.30. The molecule has 84 valence electrons. The average Bonchev–Trinajstić information content (AvgIpc) is 2.57. The molecule has 0 aliphatic heterocycles. The van der Waals surface area contributed by atoms with Crippen molar-refractivity contribution in [2.75, 3.05) is 0 Å². The highest BCUT2D eigenvalue weighted by Gasteiger charge is 2.25. The van der Waals surface area contributed by atoms with E-state index in [-0.39, 0.29) is 0 Å². The molecule has 1 N–H and O–H groups in total. The van der Waals surface area contributed by atoms with Gasteiger partial charge in [0, 0.05) is 6.92 Å². The molecule has 1 atom stereocenters. The van der Waals surface area contributed by atoms with Gasteiger partial charge in [-0.3, -0.25) is 0 Å². The quantitative estimate of drug-likeness (QED) is 0.793. The lowest BCUT2D eigenvalue weighted by atomic mass is 10.2.